The third-order valence-electron chi connectivity index (χ3n) is 1.90. The molecule has 74 valence electrons. The Hall–Kier alpha value is -1.82. The molecule has 0 saturated heterocycles. The summed E-state index contributed by atoms with van der Waals surface area (Å²) in [6.07, 6.45) is 5.18. The van der Waals surface area contributed by atoms with Crippen molar-refractivity contribution in [2.24, 2.45) is 5.73 Å². The number of H-pyrrole nitrogens is 2. The second kappa shape index (κ2) is 3.51. The summed E-state index contributed by atoms with van der Waals surface area (Å²) >= 11 is 0. The number of nitrogens with zero attached hydrogens (tertiary/aromatic N) is 2. The topological polar surface area (TPSA) is 92.5 Å². The number of nitrogens with two attached hydrogens (primary N) is 1. The summed E-state index contributed by atoms with van der Waals surface area (Å²) in [5.41, 5.74) is 6.88. The molecule has 0 aliphatic carbocycles. The highest BCUT2D eigenvalue weighted by atomic mass is 16.1. The number of hydrogen-bond acceptors (Lipinski definition) is 3. The number of nitrogens with one attached hydrogen (secondary N) is 2. The van der Waals surface area contributed by atoms with E-state index in [2.05, 4.69) is 15.0 Å². The van der Waals surface area contributed by atoms with Gasteiger partial charge in [-0.15, -0.1) is 0 Å². The summed E-state index contributed by atoms with van der Waals surface area (Å²) in [5, 5.41) is 0. The maximum absolute atomic E-state index is 10.8. The van der Waals surface area contributed by atoms with Crippen LogP contribution in [0.4, 0.5) is 0 Å². The predicted molar refractivity (Wildman–Crippen MR) is 50.6 cm³/mol. The van der Waals surface area contributed by atoms with Crippen LogP contribution in [0, 0.1) is 0 Å². The Morgan fingerprint density at radius 1 is 1.57 bits per heavy atom. The minimum Gasteiger partial charge on any atom is -0.331 e. The van der Waals surface area contributed by atoms with Crippen molar-refractivity contribution in [2.45, 2.75) is 13.1 Å². The molecule has 4 N–H and O–H groups in total. The molecule has 2 aromatic heterocycles. The summed E-state index contributed by atoms with van der Waals surface area (Å²) in [5.74, 6) is 0. The quantitative estimate of drug-likeness (QED) is 0.608. The molecule has 0 unspecified atom stereocenters. The molecule has 6 nitrogen and oxygen atoms in total. The van der Waals surface area contributed by atoms with Gasteiger partial charge in [0.25, 0.3) is 0 Å². The molecule has 0 spiro atoms. The van der Waals surface area contributed by atoms with Crippen LogP contribution >= 0.6 is 0 Å². The van der Waals surface area contributed by atoms with Crippen molar-refractivity contribution in [1.29, 1.82) is 0 Å². The molecule has 0 saturated carbocycles. The Bertz CT molecular complexity index is 466. The average Bonchev–Trinajstić information content (AvgIpc) is 2.76. The number of aromatic nitrogens is 4. The molecule has 6 heteroatoms. The summed E-state index contributed by atoms with van der Waals surface area (Å²) in [4.78, 5) is 20.1. The zero-order valence-electron chi connectivity index (χ0n) is 7.53. The van der Waals surface area contributed by atoms with E-state index in [0.29, 0.717) is 13.1 Å². The van der Waals surface area contributed by atoms with E-state index in [9.17, 15) is 4.79 Å². The van der Waals surface area contributed by atoms with Crippen molar-refractivity contribution in [3.63, 3.8) is 0 Å². The molecule has 0 aromatic carbocycles. The Morgan fingerprint density at radius 2 is 2.43 bits per heavy atom. The number of hydrogen-bond donors (Lipinski definition) is 3. The number of rotatable bonds is 3. The fraction of sp³-hybridized carbons (Fsp3) is 0.250. The molecule has 0 amide bonds. The van der Waals surface area contributed by atoms with Gasteiger partial charge in [-0.05, 0) is 0 Å². The van der Waals surface area contributed by atoms with Crippen molar-refractivity contribution in [2.75, 3.05) is 0 Å². The zero-order valence-corrected chi connectivity index (χ0v) is 7.53. The molecular weight excluding hydrogens is 182 g/mol. The van der Waals surface area contributed by atoms with Gasteiger partial charge < -0.3 is 20.3 Å². The monoisotopic (exact) mass is 193 g/mol. The largest absolute Gasteiger partial charge is 0.331 e. The second-order valence-corrected chi connectivity index (χ2v) is 3.01. The normalized spacial score (nSPS) is 10.6. The summed E-state index contributed by atoms with van der Waals surface area (Å²) in [6.45, 7) is 1.02. The molecular formula is C8H11N5O. The van der Waals surface area contributed by atoms with Crippen LogP contribution in [-0.2, 0) is 13.1 Å². The Morgan fingerprint density at radius 3 is 3.00 bits per heavy atom. The van der Waals surface area contributed by atoms with Crippen LogP contribution in [0.5, 0.6) is 0 Å². The fourth-order valence-electron chi connectivity index (χ4n) is 1.25. The summed E-state index contributed by atoms with van der Waals surface area (Å²) in [7, 11) is 0. The standard InChI is InChI=1S/C8H11N5O/c9-1-6-3-13(5-11-6)4-7-2-10-8(14)12-7/h2-3,5H,1,4,9H2,(H2,10,12,14). The van der Waals surface area contributed by atoms with E-state index in [4.69, 9.17) is 5.73 Å². The van der Waals surface area contributed by atoms with Gasteiger partial charge in [-0.2, -0.15) is 0 Å². The van der Waals surface area contributed by atoms with Gasteiger partial charge in [-0.3, -0.25) is 0 Å². The van der Waals surface area contributed by atoms with Gasteiger partial charge in [0.1, 0.15) is 0 Å². The molecule has 0 aliphatic rings. The summed E-state index contributed by atoms with van der Waals surface area (Å²) in [6, 6.07) is 0. The molecule has 0 fully saturated rings. The lowest BCUT2D eigenvalue weighted by molar-refractivity contribution is 0.775. The van der Waals surface area contributed by atoms with Crippen molar-refractivity contribution >= 4 is 0 Å². The lowest BCUT2D eigenvalue weighted by Gasteiger charge is -1.96. The highest BCUT2D eigenvalue weighted by molar-refractivity contribution is 5.01. The average molecular weight is 193 g/mol. The van der Waals surface area contributed by atoms with Crippen LogP contribution in [0.3, 0.4) is 0 Å². The molecule has 14 heavy (non-hydrogen) atoms. The highest BCUT2D eigenvalue weighted by Crippen LogP contribution is 1.98. The lowest BCUT2D eigenvalue weighted by atomic mass is 10.4. The van der Waals surface area contributed by atoms with Gasteiger partial charge in [-0.1, -0.05) is 0 Å². The van der Waals surface area contributed by atoms with Gasteiger partial charge in [0.05, 0.1) is 24.3 Å². The third kappa shape index (κ3) is 1.74. The number of aromatic amines is 2. The molecule has 2 rings (SSSR count). The van der Waals surface area contributed by atoms with Crippen LogP contribution in [0.1, 0.15) is 11.4 Å². The fourth-order valence-corrected chi connectivity index (χ4v) is 1.25. The molecule has 0 atom stereocenters. The van der Waals surface area contributed by atoms with E-state index in [1.807, 2.05) is 10.8 Å². The van der Waals surface area contributed by atoms with Crippen molar-refractivity contribution in [1.82, 2.24) is 19.5 Å². The van der Waals surface area contributed by atoms with Crippen molar-refractivity contribution < 1.29 is 0 Å². The minimum atomic E-state index is -0.195. The first-order valence-corrected chi connectivity index (χ1v) is 4.25. The maximum Gasteiger partial charge on any atom is 0.323 e. The Labute approximate surface area is 79.8 Å². The lowest BCUT2D eigenvalue weighted by Crippen LogP contribution is -2.03. The molecule has 0 radical (unpaired) electrons. The predicted octanol–water partition coefficient (Wildman–Crippen LogP) is -0.593. The van der Waals surface area contributed by atoms with E-state index in [-0.39, 0.29) is 5.69 Å². The second-order valence-electron chi connectivity index (χ2n) is 3.01. The van der Waals surface area contributed by atoms with E-state index < -0.39 is 0 Å². The molecule has 2 aromatic rings. The highest BCUT2D eigenvalue weighted by Gasteiger charge is 1.99. The number of imidazole rings is 2. The first-order chi connectivity index (χ1) is 6.78. The van der Waals surface area contributed by atoms with Crippen LogP contribution in [0.15, 0.2) is 23.5 Å². The van der Waals surface area contributed by atoms with Gasteiger partial charge in [0, 0.05) is 18.9 Å². The van der Waals surface area contributed by atoms with Gasteiger partial charge in [0.2, 0.25) is 0 Å². The maximum atomic E-state index is 10.8. The van der Waals surface area contributed by atoms with E-state index in [0.717, 1.165) is 11.4 Å². The van der Waals surface area contributed by atoms with Crippen LogP contribution < -0.4 is 11.4 Å². The summed E-state index contributed by atoms with van der Waals surface area (Å²) < 4.78 is 1.86. The Balaban J connectivity index is 2.14. The first-order valence-electron chi connectivity index (χ1n) is 4.25. The van der Waals surface area contributed by atoms with Crippen LogP contribution in [0.2, 0.25) is 0 Å². The Kier molecular flexibility index (Phi) is 2.19. The molecule has 2 heterocycles. The van der Waals surface area contributed by atoms with Crippen LogP contribution in [0.25, 0.3) is 0 Å². The van der Waals surface area contributed by atoms with Crippen molar-refractivity contribution in [3.8, 4) is 0 Å². The van der Waals surface area contributed by atoms with Gasteiger partial charge >= 0.3 is 5.69 Å². The first kappa shape index (κ1) is 8.76. The van der Waals surface area contributed by atoms with Gasteiger partial charge in [0.15, 0.2) is 0 Å². The molecule has 0 bridgehead atoms. The van der Waals surface area contributed by atoms with Crippen LogP contribution in [-0.4, -0.2) is 19.5 Å². The van der Waals surface area contributed by atoms with E-state index in [1.54, 1.807) is 12.5 Å². The molecule has 0 aliphatic heterocycles. The van der Waals surface area contributed by atoms with E-state index in [1.165, 1.54) is 0 Å². The minimum absolute atomic E-state index is 0.195. The van der Waals surface area contributed by atoms with E-state index >= 15 is 0 Å². The smallest absolute Gasteiger partial charge is 0.323 e. The van der Waals surface area contributed by atoms with Crippen molar-refractivity contribution in [3.05, 3.63) is 40.6 Å². The SMILES string of the molecule is NCc1cn(Cc2c[nH]c(=O)[nH]2)cn1. The third-order valence-corrected chi connectivity index (χ3v) is 1.90. The zero-order chi connectivity index (χ0) is 9.97. The van der Waals surface area contributed by atoms with Gasteiger partial charge in [-0.25, -0.2) is 9.78 Å².